The second-order valence-electron chi connectivity index (χ2n) is 4.19. The molecule has 1 saturated heterocycles. The van der Waals surface area contributed by atoms with Gasteiger partial charge in [-0.3, -0.25) is 9.59 Å². The molecule has 102 valence electrons. The Labute approximate surface area is 115 Å². The van der Waals surface area contributed by atoms with Crippen molar-refractivity contribution in [1.82, 2.24) is 4.90 Å². The van der Waals surface area contributed by atoms with E-state index in [0.29, 0.717) is 18.1 Å². The lowest BCUT2D eigenvalue weighted by molar-refractivity contribution is -0.150. The molecule has 0 spiro atoms. The number of carbonyl (C=O) groups is 3. The zero-order valence-electron chi connectivity index (χ0n) is 10.4. The van der Waals surface area contributed by atoms with E-state index in [1.807, 2.05) is 0 Å². The van der Waals surface area contributed by atoms with Gasteiger partial charge in [0.2, 0.25) is 5.91 Å². The zero-order chi connectivity index (χ0) is 13.7. The van der Waals surface area contributed by atoms with Crippen LogP contribution in [0.5, 0.6) is 0 Å². The van der Waals surface area contributed by atoms with Crippen molar-refractivity contribution in [2.45, 2.75) is 26.3 Å². The van der Waals surface area contributed by atoms with E-state index >= 15 is 0 Å². The summed E-state index contributed by atoms with van der Waals surface area (Å²) in [6.45, 7) is 3.19. The minimum Gasteiger partial charge on any atom is -0.480 e. The lowest BCUT2D eigenvalue weighted by atomic mass is 10.1. The summed E-state index contributed by atoms with van der Waals surface area (Å²) in [5, 5.41) is 9.06. The van der Waals surface area contributed by atoms with Crippen molar-refractivity contribution in [1.29, 1.82) is 0 Å². The zero-order valence-corrected chi connectivity index (χ0v) is 12.1. The number of hydrogen-bond donors (Lipinski definition) is 1. The number of carbonyl (C=O) groups excluding carboxylic acids is 2. The van der Waals surface area contributed by atoms with Crippen molar-refractivity contribution in [3.63, 3.8) is 0 Å². The van der Waals surface area contributed by atoms with Gasteiger partial charge in [-0.05, 0) is 12.2 Å². The standard InChI is InChI=1S/C11H17NO4S2/c1-7(5-18-8(2)13)10(14)12-6-17-4-3-9(12)11(15)16/h7,9H,3-6H2,1-2H3,(H,15,16). The maximum atomic E-state index is 12.2. The summed E-state index contributed by atoms with van der Waals surface area (Å²) >= 11 is 2.66. The summed E-state index contributed by atoms with van der Waals surface area (Å²) in [5.41, 5.74) is 0. The van der Waals surface area contributed by atoms with Gasteiger partial charge in [0.25, 0.3) is 0 Å². The van der Waals surface area contributed by atoms with Crippen LogP contribution >= 0.6 is 23.5 Å². The maximum Gasteiger partial charge on any atom is 0.326 e. The molecule has 0 aromatic heterocycles. The SMILES string of the molecule is CC(=O)SCC(C)C(=O)N1CSCCC1C(=O)O. The van der Waals surface area contributed by atoms with Gasteiger partial charge in [0, 0.05) is 18.6 Å². The van der Waals surface area contributed by atoms with Gasteiger partial charge in [-0.15, -0.1) is 11.8 Å². The first-order chi connectivity index (χ1) is 8.43. The van der Waals surface area contributed by atoms with Crippen molar-refractivity contribution < 1.29 is 19.5 Å². The van der Waals surface area contributed by atoms with Crippen LogP contribution in [0, 0.1) is 5.92 Å². The topological polar surface area (TPSA) is 74.7 Å². The molecule has 1 aliphatic heterocycles. The van der Waals surface area contributed by atoms with E-state index in [4.69, 9.17) is 5.11 Å². The van der Waals surface area contributed by atoms with Gasteiger partial charge in [-0.2, -0.15) is 0 Å². The molecule has 2 unspecified atom stereocenters. The summed E-state index contributed by atoms with van der Waals surface area (Å²) in [6, 6.07) is -0.719. The van der Waals surface area contributed by atoms with Crippen LogP contribution in [0.3, 0.4) is 0 Å². The van der Waals surface area contributed by atoms with Gasteiger partial charge in [0.1, 0.15) is 6.04 Å². The number of thioether (sulfide) groups is 2. The Kier molecular flexibility index (Phi) is 6.01. The molecule has 5 nitrogen and oxygen atoms in total. The summed E-state index contributed by atoms with van der Waals surface area (Å²) in [4.78, 5) is 35.5. The highest BCUT2D eigenvalue weighted by atomic mass is 32.2. The highest BCUT2D eigenvalue weighted by molar-refractivity contribution is 8.13. The van der Waals surface area contributed by atoms with Crippen LogP contribution < -0.4 is 0 Å². The van der Waals surface area contributed by atoms with Gasteiger partial charge in [0.05, 0.1) is 5.88 Å². The van der Waals surface area contributed by atoms with E-state index < -0.39 is 12.0 Å². The van der Waals surface area contributed by atoms with Crippen LogP contribution in [-0.2, 0) is 14.4 Å². The molecule has 1 heterocycles. The van der Waals surface area contributed by atoms with Crippen molar-refractivity contribution in [3.05, 3.63) is 0 Å². The number of carboxylic acid groups (broad SMARTS) is 1. The Bertz CT molecular complexity index is 348. The molecule has 0 aromatic carbocycles. The molecule has 0 saturated carbocycles. The Morgan fingerprint density at radius 3 is 2.72 bits per heavy atom. The molecule has 1 N–H and O–H groups in total. The summed E-state index contributed by atoms with van der Waals surface area (Å²) in [5.74, 6) is 0.127. The molecule has 1 rings (SSSR count). The van der Waals surface area contributed by atoms with Crippen molar-refractivity contribution in [2.75, 3.05) is 17.4 Å². The smallest absolute Gasteiger partial charge is 0.326 e. The first kappa shape index (κ1) is 15.4. The molecule has 7 heteroatoms. The number of hydrogen-bond acceptors (Lipinski definition) is 5. The molecular formula is C11H17NO4S2. The first-order valence-electron chi connectivity index (χ1n) is 5.68. The summed E-state index contributed by atoms with van der Waals surface area (Å²) in [6.07, 6.45) is 0.484. The largest absolute Gasteiger partial charge is 0.480 e. The molecule has 1 aliphatic rings. The lowest BCUT2D eigenvalue weighted by Gasteiger charge is -2.34. The number of nitrogens with zero attached hydrogens (tertiary/aromatic N) is 1. The minimum absolute atomic E-state index is 0.0301. The molecule has 0 radical (unpaired) electrons. The van der Waals surface area contributed by atoms with Crippen LogP contribution in [0.25, 0.3) is 0 Å². The summed E-state index contributed by atoms with van der Waals surface area (Å²) < 4.78 is 0. The first-order valence-corrected chi connectivity index (χ1v) is 7.82. The van der Waals surface area contributed by atoms with E-state index in [9.17, 15) is 14.4 Å². The van der Waals surface area contributed by atoms with E-state index in [2.05, 4.69) is 0 Å². The Morgan fingerprint density at radius 1 is 1.50 bits per heavy atom. The Balaban J connectivity index is 2.62. The predicted octanol–water partition coefficient (Wildman–Crippen LogP) is 1.28. The van der Waals surface area contributed by atoms with Crippen LogP contribution in [0.2, 0.25) is 0 Å². The highest BCUT2D eigenvalue weighted by Gasteiger charge is 2.34. The molecule has 2 atom stereocenters. The predicted molar refractivity (Wildman–Crippen MR) is 72.5 cm³/mol. The van der Waals surface area contributed by atoms with Crippen molar-refractivity contribution >= 4 is 40.5 Å². The quantitative estimate of drug-likeness (QED) is 0.841. The van der Waals surface area contributed by atoms with Crippen LogP contribution in [0.1, 0.15) is 20.3 Å². The second-order valence-corrected chi connectivity index (χ2v) is 6.46. The van der Waals surface area contributed by atoms with Crippen molar-refractivity contribution in [2.24, 2.45) is 5.92 Å². The molecule has 1 fully saturated rings. The monoisotopic (exact) mass is 291 g/mol. The van der Waals surface area contributed by atoms with Crippen LogP contribution in [0.4, 0.5) is 0 Å². The average Bonchev–Trinajstić information content (AvgIpc) is 2.34. The summed E-state index contributed by atoms with van der Waals surface area (Å²) in [7, 11) is 0. The molecule has 18 heavy (non-hydrogen) atoms. The van der Waals surface area contributed by atoms with E-state index in [-0.39, 0.29) is 16.9 Å². The lowest BCUT2D eigenvalue weighted by Crippen LogP contribution is -2.49. The third-order valence-corrected chi connectivity index (χ3v) is 4.73. The number of carboxylic acids is 1. The third kappa shape index (κ3) is 4.20. The molecular weight excluding hydrogens is 274 g/mol. The average molecular weight is 291 g/mol. The fraction of sp³-hybridized carbons (Fsp3) is 0.727. The molecule has 0 bridgehead atoms. The van der Waals surface area contributed by atoms with Crippen molar-refractivity contribution in [3.8, 4) is 0 Å². The van der Waals surface area contributed by atoms with E-state index in [1.54, 1.807) is 18.7 Å². The second kappa shape index (κ2) is 7.04. The molecule has 0 aliphatic carbocycles. The van der Waals surface area contributed by atoms with Gasteiger partial charge in [0.15, 0.2) is 5.12 Å². The third-order valence-electron chi connectivity index (χ3n) is 2.67. The highest BCUT2D eigenvalue weighted by Crippen LogP contribution is 2.23. The fourth-order valence-electron chi connectivity index (χ4n) is 1.67. The van der Waals surface area contributed by atoms with Gasteiger partial charge >= 0.3 is 5.97 Å². The normalized spacial score (nSPS) is 21.4. The molecule has 1 amide bonds. The van der Waals surface area contributed by atoms with Crippen LogP contribution in [0.15, 0.2) is 0 Å². The Hall–Kier alpha value is -0.690. The van der Waals surface area contributed by atoms with E-state index in [1.165, 1.54) is 11.8 Å². The minimum atomic E-state index is -0.949. The number of aliphatic carboxylic acids is 1. The fourth-order valence-corrected chi connectivity index (χ4v) is 3.32. The van der Waals surface area contributed by atoms with Crippen LogP contribution in [-0.4, -0.2) is 50.4 Å². The van der Waals surface area contributed by atoms with Gasteiger partial charge in [-0.1, -0.05) is 18.7 Å². The number of rotatable bonds is 4. The van der Waals surface area contributed by atoms with Gasteiger partial charge < -0.3 is 10.0 Å². The Morgan fingerprint density at radius 2 is 2.17 bits per heavy atom. The molecule has 0 aromatic rings. The van der Waals surface area contributed by atoms with E-state index in [0.717, 1.165) is 17.5 Å². The van der Waals surface area contributed by atoms with Gasteiger partial charge in [-0.25, -0.2) is 4.79 Å². The number of amides is 1. The maximum absolute atomic E-state index is 12.2.